The average Bonchev–Trinajstić information content (AvgIpc) is 2.79. The minimum Gasteiger partial charge on any atom is -0.493 e. The van der Waals surface area contributed by atoms with Crippen molar-refractivity contribution in [2.75, 3.05) is 39.3 Å². The molecular formula is C21H22BrClN4O6. The second kappa shape index (κ2) is 13.4. The maximum absolute atomic E-state index is 12.2. The first kappa shape index (κ1) is 26.1. The first-order valence-electron chi connectivity index (χ1n) is 9.50. The lowest BCUT2D eigenvalue weighted by Crippen LogP contribution is -2.39. The van der Waals surface area contributed by atoms with E-state index in [1.165, 1.54) is 20.4 Å². The summed E-state index contributed by atoms with van der Waals surface area (Å²) in [5.41, 5.74) is 3.13. The number of rotatable bonds is 10. The van der Waals surface area contributed by atoms with Gasteiger partial charge in [-0.25, -0.2) is 5.43 Å². The molecule has 0 saturated carbocycles. The average molecular weight is 542 g/mol. The van der Waals surface area contributed by atoms with Gasteiger partial charge in [0, 0.05) is 13.7 Å². The summed E-state index contributed by atoms with van der Waals surface area (Å²) in [6, 6.07) is 10.1. The van der Waals surface area contributed by atoms with E-state index in [9.17, 15) is 14.4 Å². The highest BCUT2D eigenvalue weighted by atomic mass is 79.9. The fourth-order valence-electron chi connectivity index (χ4n) is 2.40. The van der Waals surface area contributed by atoms with Crippen LogP contribution in [0.5, 0.6) is 11.5 Å². The van der Waals surface area contributed by atoms with Crippen LogP contribution in [0.3, 0.4) is 0 Å². The number of methoxy groups -OCH3 is 2. The fraction of sp³-hybridized carbons (Fsp3) is 0.238. The van der Waals surface area contributed by atoms with Crippen molar-refractivity contribution in [3.05, 3.63) is 51.5 Å². The monoisotopic (exact) mass is 540 g/mol. The Morgan fingerprint density at radius 2 is 1.91 bits per heavy atom. The Balaban J connectivity index is 1.97. The molecule has 2 rings (SSSR count). The lowest BCUT2D eigenvalue weighted by atomic mass is 10.2. The number of ether oxygens (including phenoxy) is 3. The summed E-state index contributed by atoms with van der Waals surface area (Å²) in [6.45, 7) is 0.197. The van der Waals surface area contributed by atoms with Gasteiger partial charge in [0.15, 0.2) is 18.1 Å². The molecule has 0 saturated heterocycles. The Bertz CT molecular complexity index is 1030. The molecule has 0 heterocycles. The summed E-state index contributed by atoms with van der Waals surface area (Å²) in [6.07, 6.45) is 1.32. The summed E-state index contributed by atoms with van der Waals surface area (Å²) in [5.74, 6) is -1.54. The van der Waals surface area contributed by atoms with Crippen molar-refractivity contribution >= 4 is 57.2 Å². The molecule has 33 heavy (non-hydrogen) atoms. The highest BCUT2D eigenvalue weighted by Crippen LogP contribution is 2.36. The maximum atomic E-state index is 12.2. The van der Waals surface area contributed by atoms with E-state index < -0.39 is 17.7 Å². The van der Waals surface area contributed by atoms with Gasteiger partial charge in [-0.05, 0) is 45.8 Å². The molecule has 0 aliphatic carbocycles. The van der Waals surface area contributed by atoms with E-state index >= 15 is 0 Å². The Labute approximate surface area is 203 Å². The fourth-order valence-corrected chi connectivity index (χ4v) is 3.16. The Morgan fingerprint density at radius 1 is 1.15 bits per heavy atom. The first-order chi connectivity index (χ1) is 15.8. The number of hydrogen-bond acceptors (Lipinski definition) is 7. The molecule has 0 radical (unpaired) electrons. The lowest BCUT2D eigenvalue weighted by molar-refractivity contribution is -0.139. The number of hydrazone groups is 1. The molecule has 2 aromatic carbocycles. The number of nitrogens with one attached hydrogen (secondary N) is 3. The predicted octanol–water partition coefficient (Wildman–Crippen LogP) is 2.34. The number of para-hydroxylation sites is 1. The quantitative estimate of drug-likeness (QED) is 0.183. The molecule has 12 heteroatoms. The van der Waals surface area contributed by atoms with Crippen LogP contribution in [0.1, 0.15) is 5.56 Å². The third kappa shape index (κ3) is 8.37. The van der Waals surface area contributed by atoms with Crippen LogP contribution >= 0.6 is 27.5 Å². The molecule has 0 bridgehead atoms. The highest BCUT2D eigenvalue weighted by Gasteiger charge is 2.15. The van der Waals surface area contributed by atoms with Gasteiger partial charge in [-0.2, -0.15) is 5.10 Å². The smallest absolute Gasteiger partial charge is 0.329 e. The van der Waals surface area contributed by atoms with Crippen molar-refractivity contribution in [2.24, 2.45) is 5.10 Å². The Morgan fingerprint density at radius 3 is 2.61 bits per heavy atom. The van der Waals surface area contributed by atoms with Gasteiger partial charge in [-0.1, -0.05) is 23.7 Å². The van der Waals surface area contributed by atoms with Crippen molar-refractivity contribution in [2.45, 2.75) is 0 Å². The summed E-state index contributed by atoms with van der Waals surface area (Å²) < 4.78 is 16.2. The van der Waals surface area contributed by atoms with Gasteiger partial charge >= 0.3 is 11.8 Å². The van der Waals surface area contributed by atoms with E-state index in [0.717, 1.165) is 0 Å². The first-order valence-corrected chi connectivity index (χ1v) is 10.7. The SMILES string of the molecule is COCCNC(=O)C(=O)N/N=C\c1cc(Br)c(OCC(=O)Nc2ccccc2Cl)c(OC)c1. The van der Waals surface area contributed by atoms with Crippen molar-refractivity contribution in [1.82, 2.24) is 10.7 Å². The van der Waals surface area contributed by atoms with Crippen LogP contribution in [0.25, 0.3) is 0 Å². The summed E-state index contributed by atoms with van der Waals surface area (Å²) >= 11 is 9.40. The number of hydrogen-bond donors (Lipinski definition) is 3. The molecule has 3 N–H and O–H groups in total. The number of carbonyl (C=O) groups is 3. The molecule has 0 aromatic heterocycles. The summed E-state index contributed by atoms with van der Waals surface area (Å²) in [7, 11) is 2.92. The molecule has 0 fully saturated rings. The molecule has 0 aliphatic rings. The minimum atomic E-state index is -0.919. The number of anilines is 1. The molecule has 0 aliphatic heterocycles. The van der Waals surface area contributed by atoms with Crippen LogP contribution in [-0.2, 0) is 19.1 Å². The van der Waals surface area contributed by atoms with Crippen molar-refractivity contribution in [3.8, 4) is 11.5 Å². The molecule has 0 spiro atoms. The molecule has 10 nitrogen and oxygen atoms in total. The van der Waals surface area contributed by atoms with Gasteiger partial charge in [-0.15, -0.1) is 0 Å². The standard InChI is InChI=1S/C21H22BrClN4O6/c1-31-8-7-24-20(29)21(30)27-25-11-13-9-14(22)19(17(10-13)32-2)33-12-18(28)26-16-6-4-3-5-15(16)23/h3-6,9-11H,7-8,12H2,1-2H3,(H,24,29)(H,26,28)(H,27,30)/b25-11-. The zero-order chi connectivity index (χ0) is 24.2. The molecule has 0 unspecified atom stereocenters. The van der Waals surface area contributed by atoms with E-state index in [1.807, 2.05) is 0 Å². The third-order valence-electron chi connectivity index (χ3n) is 3.93. The molecule has 176 valence electrons. The highest BCUT2D eigenvalue weighted by molar-refractivity contribution is 9.10. The van der Waals surface area contributed by atoms with Crippen LogP contribution in [0.15, 0.2) is 46.0 Å². The number of carbonyl (C=O) groups excluding carboxylic acids is 3. The number of halogens is 2. The van der Waals surface area contributed by atoms with Gasteiger partial charge in [0.2, 0.25) is 0 Å². The van der Waals surface area contributed by atoms with Gasteiger partial charge in [-0.3, -0.25) is 14.4 Å². The van der Waals surface area contributed by atoms with Crippen LogP contribution in [0.4, 0.5) is 5.69 Å². The largest absolute Gasteiger partial charge is 0.493 e. The normalized spacial score (nSPS) is 10.5. The number of amides is 3. The van der Waals surface area contributed by atoms with E-state index in [1.54, 1.807) is 36.4 Å². The van der Waals surface area contributed by atoms with Crippen LogP contribution in [0, 0.1) is 0 Å². The molecular weight excluding hydrogens is 520 g/mol. The lowest BCUT2D eigenvalue weighted by Gasteiger charge is -2.14. The van der Waals surface area contributed by atoms with E-state index in [4.69, 9.17) is 25.8 Å². The predicted molar refractivity (Wildman–Crippen MR) is 127 cm³/mol. The van der Waals surface area contributed by atoms with Crippen molar-refractivity contribution in [1.29, 1.82) is 0 Å². The third-order valence-corrected chi connectivity index (χ3v) is 4.84. The van der Waals surface area contributed by atoms with Gasteiger partial charge < -0.3 is 24.8 Å². The topological polar surface area (TPSA) is 127 Å². The molecule has 2 aromatic rings. The Hall–Kier alpha value is -3.15. The molecule has 0 atom stereocenters. The molecule has 3 amide bonds. The Kier molecular flexibility index (Phi) is 10.6. The number of benzene rings is 2. The van der Waals surface area contributed by atoms with E-state index in [-0.39, 0.29) is 19.8 Å². The number of nitrogens with zero attached hydrogens (tertiary/aromatic N) is 1. The summed E-state index contributed by atoms with van der Waals surface area (Å²) in [4.78, 5) is 35.5. The van der Waals surface area contributed by atoms with Gasteiger partial charge in [0.1, 0.15) is 0 Å². The van der Waals surface area contributed by atoms with Gasteiger partial charge in [0.25, 0.3) is 5.91 Å². The zero-order valence-electron chi connectivity index (χ0n) is 17.8. The second-order valence-electron chi connectivity index (χ2n) is 6.30. The maximum Gasteiger partial charge on any atom is 0.329 e. The summed E-state index contributed by atoms with van der Waals surface area (Å²) in [5, 5.41) is 9.20. The van der Waals surface area contributed by atoms with Crippen molar-refractivity contribution in [3.63, 3.8) is 0 Å². The van der Waals surface area contributed by atoms with Crippen LogP contribution < -0.4 is 25.5 Å². The van der Waals surface area contributed by atoms with Crippen LogP contribution in [-0.4, -0.2) is 57.9 Å². The zero-order valence-corrected chi connectivity index (χ0v) is 20.2. The van der Waals surface area contributed by atoms with E-state index in [0.29, 0.717) is 32.2 Å². The van der Waals surface area contributed by atoms with Gasteiger partial charge in [0.05, 0.1) is 35.1 Å². The van der Waals surface area contributed by atoms with E-state index in [2.05, 4.69) is 37.1 Å². The second-order valence-corrected chi connectivity index (χ2v) is 7.56. The minimum absolute atomic E-state index is 0.203. The van der Waals surface area contributed by atoms with Crippen molar-refractivity contribution < 1.29 is 28.6 Å². The van der Waals surface area contributed by atoms with Crippen LogP contribution in [0.2, 0.25) is 5.02 Å².